The zero-order valence-corrected chi connectivity index (χ0v) is 21.9. The third kappa shape index (κ3) is 6.98. The fourth-order valence-electron chi connectivity index (χ4n) is 3.11. The minimum absolute atomic E-state index is 0.0324. The van der Waals surface area contributed by atoms with Crippen molar-refractivity contribution in [1.82, 2.24) is 15.3 Å². The zero-order valence-electron chi connectivity index (χ0n) is 20.3. The molecule has 9 nitrogen and oxygen atoms in total. The molecule has 0 saturated carbocycles. The summed E-state index contributed by atoms with van der Waals surface area (Å²) in [5.41, 5.74) is 1.09. The molecule has 2 aromatic heterocycles. The van der Waals surface area contributed by atoms with Gasteiger partial charge in [0.15, 0.2) is 10.3 Å². The number of hydrogen-bond donors (Lipinski definition) is 3. The van der Waals surface area contributed by atoms with Gasteiger partial charge in [0, 0.05) is 11.8 Å². The van der Waals surface area contributed by atoms with Crippen LogP contribution in [-0.2, 0) is 9.53 Å². The van der Waals surface area contributed by atoms with Crippen molar-refractivity contribution in [2.24, 2.45) is 0 Å². The number of alkyl carbamates (subject to hydrolysis) is 1. The van der Waals surface area contributed by atoms with Gasteiger partial charge in [-0.15, -0.1) is 0 Å². The summed E-state index contributed by atoms with van der Waals surface area (Å²) in [6, 6.07) is 5.96. The summed E-state index contributed by atoms with van der Waals surface area (Å²) in [5, 5.41) is 7.95. The molecule has 0 bridgehead atoms. The van der Waals surface area contributed by atoms with Gasteiger partial charge in [0.1, 0.15) is 18.0 Å². The lowest BCUT2D eigenvalue weighted by atomic mass is 10.1. The Hall–Kier alpha value is -3.57. The molecule has 0 aliphatic carbocycles. The number of pyridine rings is 1. The lowest BCUT2D eigenvalue weighted by Gasteiger charge is -2.19. The molecule has 0 saturated heterocycles. The van der Waals surface area contributed by atoms with Gasteiger partial charge in [-0.05, 0) is 52.3 Å². The standard InChI is InChI=1S/C24H25ClFN5O4S/c1-12-7-6-8-15(26)18(12)21(33)30-16-9-14(10-27-20(16)25)19-13(2)29-22(36-19)31-17(32)11-28-23(34)35-24(3,4)5/h6-10H,11H2,1-5H3,(H,28,34)(H,30,33)(H,29,31,32). The van der Waals surface area contributed by atoms with Gasteiger partial charge in [0.25, 0.3) is 5.91 Å². The maximum atomic E-state index is 14.2. The summed E-state index contributed by atoms with van der Waals surface area (Å²) in [5.74, 6) is -1.78. The van der Waals surface area contributed by atoms with Crippen LogP contribution in [0, 0.1) is 19.7 Å². The number of rotatable bonds is 6. The number of carbonyl (C=O) groups is 3. The Morgan fingerprint density at radius 3 is 2.56 bits per heavy atom. The van der Waals surface area contributed by atoms with Gasteiger partial charge >= 0.3 is 6.09 Å². The second-order valence-corrected chi connectivity index (χ2v) is 10.1. The first-order valence-electron chi connectivity index (χ1n) is 10.8. The van der Waals surface area contributed by atoms with E-state index in [1.165, 1.54) is 29.7 Å². The number of nitrogens with one attached hydrogen (secondary N) is 3. The van der Waals surface area contributed by atoms with Gasteiger partial charge in [-0.3, -0.25) is 9.59 Å². The third-order valence-corrected chi connectivity index (χ3v) is 6.06. The number of nitrogens with zero attached hydrogens (tertiary/aromatic N) is 2. The molecule has 3 aromatic rings. The van der Waals surface area contributed by atoms with E-state index in [-0.39, 0.29) is 22.9 Å². The van der Waals surface area contributed by atoms with E-state index in [1.54, 1.807) is 46.8 Å². The van der Waals surface area contributed by atoms with Crippen LogP contribution in [0.25, 0.3) is 10.4 Å². The van der Waals surface area contributed by atoms with Gasteiger partial charge in [-0.25, -0.2) is 19.2 Å². The summed E-state index contributed by atoms with van der Waals surface area (Å²) < 4.78 is 19.3. The normalized spacial score (nSPS) is 11.1. The van der Waals surface area contributed by atoms with Gasteiger partial charge < -0.3 is 20.7 Å². The quantitative estimate of drug-likeness (QED) is 0.368. The lowest BCUT2D eigenvalue weighted by molar-refractivity contribution is -0.115. The van der Waals surface area contributed by atoms with E-state index >= 15 is 0 Å². The summed E-state index contributed by atoms with van der Waals surface area (Å²) in [6.07, 6.45) is 0.795. The topological polar surface area (TPSA) is 122 Å². The van der Waals surface area contributed by atoms with E-state index in [0.29, 0.717) is 26.8 Å². The molecule has 0 aliphatic rings. The van der Waals surface area contributed by atoms with Crippen molar-refractivity contribution in [2.75, 3.05) is 17.2 Å². The van der Waals surface area contributed by atoms with E-state index in [4.69, 9.17) is 16.3 Å². The second-order valence-electron chi connectivity index (χ2n) is 8.79. The largest absolute Gasteiger partial charge is 0.444 e. The number of aryl methyl sites for hydroxylation is 2. The molecule has 3 rings (SSSR count). The Kier molecular flexibility index (Phi) is 8.26. The SMILES string of the molecule is Cc1cccc(F)c1C(=O)Nc1cc(-c2sc(NC(=O)CNC(=O)OC(C)(C)C)nc2C)cnc1Cl. The van der Waals surface area contributed by atoms with Crippen LogP contribution in [0.2, 0.25) is 5.15 Å². The maximum Gasteiger partial charge on any atom is 0.408 e. The van der Waals surface area contributed by atoms with Crippen LogP contribution in [0.15, 0.2) is 30.5 Å². The number of halogens is 2. The van der Waals surface area contributed by atoms with Crippen molar-refractivity contribution < 1.29 is 23.5 Å². The molecule has 3 amide bonds. The van der Waals surface area contributed by atoms with Gasteiger partial charge in [-0.1, -0.05) is 35.1 Å². The number of aromatic nitrogens is 2. The van der Waals surface area contributed by atoms with Crippen LogP contribution in [0.5, 0.6) is 0 Å². The minimum Gasteiger partial charge on any atom is -0.444 e. The predicted molar refractivity (Wildman–Crippen MR) is 137 cm³/mol. The third-order valence-electron chi connectivity index (χ3n) is 4.63. The fourth-order valence-corrected chi connectivity index (χ4v) is 4.23. The molecule has 12 heteroatoms. The predicted octanol–water partition coefficient (Wildman–Crippen LogP) is 5.33. The highest BCUT2D eigenvalue weighted by molar-refractivity contribution is 7.19. The van der Waals surface area contributed by atoms with E-state index in [1.807, 2.05) is 0 Å². The Balaban J connectivity index is 1.73. The molecule has 0 unspecified atom stereocenters. The Bertz CT molecular complexity index is 1300. The smallest absolute Gasteiger partial charge is 0.408 e. The maximum absolute atomic E-state index is 14.2. The van der Waals surface area contributed by atoms with Crippen molar-refractivity contribution in [3.63, 3.8) is 0 Å². The second kappa shape index (κ2) is 11.0. The van der Waals surface area contributed by atoms with Gasteiger partial charge in [0.2, 0.25) is 5.91 Å². The van der Waals surface area contributed by atoms with E-state index in [9.17, 15) is 18.8 Å². The number of anilines is 2. The Morgan fingerprint density at radius 2 is 1.89 bits per heavy atom. The number of benzene rings is 1. The number of amides is 3. The first-order chi connectivity index (χ1) is 16.8. The van der Waals surface area contributed by atoms with Gasteiger partial charge in [-0.2, -0.15) is 0 Å². The molecular formula is C24H25ClFN5O4S. The van der Waals surface area contributed by atoms with Crippen LogP contribution in [0.3, 0.4) is 0 Å². The molecule has 0 radical (unpaired) electrons. The van der Waals surface area contributed by atoms with Crippen LogP contribution >= 0.6 is 22.9 Å². The van der Waals surface area contributed by atoms with Crippen molar-refractivity contribution in [2.45, 2.75) is 40.2 Å². The number of carbonyl (C=O) groups excluding carboxylic acids is 3. The highest BCUT2D eigenvalue weighted by Gasteiger charge is 2.19. The first kappa shape index (κ1) is 27.0. The zero-order chi connectivity index (χ0) is 26.6. The average Bonchev–Trinajstić information content (AvgIpc) is 3.12. The van der Waals surface area contributed by atoms with Crippen molar-refractivity contribution in [1.29, 1.82) is 0 Å². The van der Waals surface area contributed by atoms with Crippen molar-refractivity contribution in [3.05, 3.63) is 58.3 Å². The summed E-state index contributed by atoms with van der Waals surface area (Å²) in [4.78, 5) is 45.8. The van der Waals surface area contributed by atoms with E-state index in [0.717, 1.165) is 0 Å². The molecule has 3 N–H and O–H groups in total. The summed E-state index contributed by atoms with van der Waals surface area (Å²) in [7, 11) is 0. The number of thiazole rings is 1. The van der Waals surface area contributed by atoms with Gasteiger partial charge in [0.05, 0.1) is 21.8 Å². The Morgan fingerprint density at radius 1 is 1.17 bits per heavy atom. The van der Waals surface area contributed by atoms with Crippen LogP contribution < -0.4 is 16.0 Å². The summed E-state index contributed by atoms with van der Waals surface area (Å²) >= 11 is 7.35. The number of hydrogen-bond acceptors (Lipinski definition) is 7. The van der Waals surface area contributed by atoms with Crippen LogP contribution in [-0.4, -0.2) is 40.0 Å². The first-order valence-corrected chi connectivity index (χ1v) is 12.0. The van der Waals surface area contributed by atoms with E-state index < -0.39 is 29.3 Å². The van der Waals surface area contributed by atoms with Crippen LogP contribution in [0.1, 0.15) is 42.4 Å². The molecule has 2 heterocycles. The molecule has 0 aliphatic heterocycles. The molecule has 0 spiro atoms. The monoisotopic (exact) mass is 533 g/mol. The molecule has 1 aromatic carbocycles. The summed E-state index contributed by atoms with van der Waals surface area (Å²) in [6.45, 7) is 8.24. The molecule has 36 heavy (non-hydrogen) atoms. The molecule has 0 atom stereocenters. The fraction of sp³-hybridized carbons (Fsp3) is 0.292. The molecule has 190 valence electrons. The van der Waals surface area contributed by atoms with E-state index in [2.05, 4.69) is 25.9 Å². The minimum atomic E-state index is -0.707. The highest BCUT2D eigenvalue weighted by Crippen LogP contribution is 2.35. The highest BCUT2D eigenvalue weighted by atomic mass is 35.5. The number of ether oxygens (including phenoxy) is 1. The van der Waals surface area contributed by atoms with Crippen molar-refractivity contribution in [3.8, 4) is 10.4 Å². The van der Waals surface area contributed by atoms with Crippen LogP contribution in [0.4, 0.5) is 20.0 Å². The average molecular weight is 534 g/mol. The Labute approximate surface area is 216 Å². The lowest BCUT2D eigenvalue weighted by Crippen LogP contribution is -2.37. The molecule has 0 fully saturated rings. The molecular weight excluding hydrogens is 509 g/mol. The van der Waals surface area contributed by atoms with Crippen molar-refractivity contribution >= 4 is 51.7 Å².